The van der Waals surface area contributed by atoms with Gasteiger partial charge in [-0.1, -0.05) is 24.6 Å². The molecule has 1 saturated heterocycles. The highest BCUT2D eigenvalue weighted by molar-refractivity contribution is 6.17. The van der Waals surface area contributed by atoms with Crippen LogP contribution in [-0.2, 0) is 12.4 Å². The van der Waals surface area contributed by atoms with Crippen molar-refractivity contribution < 1.29 is 9.13 Å². The zero-order valence-corrected chi connectivity index (χ0v) is 16.5. The predicted octanol–water partition coefficient (Wildman–Crippen LogP) is 6.00. The van der Waals surface area contributed by atoms with Crippen LogP contribution < -0.4 is 4.74 Å². The first-order valence-electron chi connectivity index (χ1n) is 9.31. The first kappa shape index (κ1) is 19.2. The fourth-order valence-electron chi connectivity index (χ4n) is 3.94. The van der Waals surface area contributed by atoms with Crippen molar-refractivity contribution >= 4 is 11.6 Å². The summed E-state index contributed by atoms with van der Waals surface area (Å²) in [5.41, 5.74) is 3.68. The van der Waals surface area contributed by atoms with Gasteiger partial charge in [0.25, 0.3) is 0 Å². The van der Waals surface area contributed by atoms with E-state index >= 15 is 0 Å². The van der Waals surface area contributed by atoms with Crippen LogP contribution in [0.3, 0.4) is 0 Å². The summed E-state index contributed by atoms with van der Waals surface area (Å²) in [6.07, 6.45) is 3.70. The SMILES string of the molecule is COc1ccc(F)c(-c2ccc(CCl)cc2CN2[C@@H](C)CCC[C@@H]2C)c1. The third-order valence-electron chi connectivity index (χ3n) is 5.52. The number of benzene rings is 2. The molecule has 1 aliphatic heterocycles. The maximum absolute atomic E-state index is 14.6. The number of piperidine rings is 1. The Kier molecular flexibility index (Phi) is 6.20. The number of rotatable bonds is 5. The monoisotopic (exact) mass is 375 g/mol. The number of ether oxygens (including phenoxy) is 1. The summed E-state index contributed by atoms with van der Waals surface area (Å²) in [5, 5.41) is 0. The van der Waals surface area contributed by atoms with E-state index < -0.39 is 0 Å². The second-order valence-corrected chi connectivity index (χ2v) is 7.54. The molecule has 1 heterocycles. The summed E-state index contributed by atoms with van der Waals surface area (Å²) in [6, 6.07) is 12.0. The quantitative estimate of drug-likeness (QED) is 0.594. The summed E-state index contributed by atoms with van der Waals surface area (Å²) in [4.78, 5) is 2.53. The molecule has 4 heteroatoms. The van der Waals surface area contributed by atoms with Crippen molar-refractivity contribution in [2.24, 2.45) is 0 Å². The minimum atomic E-state index is -0.231. The number of methoxy groups -OCH3 is 1. The highest BCUT2D eigenvalue weighted by Crippen LogP contribution is 2.33. The van der Waals surface area contributed by atoms with Gasteiger partial charge in [-0.15, -0.1) is 11.6 Å². The molecule has 0 saturated carbocycles. The van der Waals surface area contributed by atoms with Crippen molar-refractivity contribution in [3.05, 3.63) is 53.3 Å². The third kappa shape index (κ3) is 4.05. The second kappa shape index (κ2) is 8.41. The maximum Gasteiger partial charge on any atom is 0.131 e. The molecule has 2 aromatic rings. The fourth-order valence-corrected chi connectivity index (χ4v) is 4.11. The van der Waals surface area contributed by atoms with Crippen LogP contribution >= 0.6 is 11.6 Å². The Morgan fingerprint density at radius 3 is 2.46 bits per heavy atom. The molecule has 0 radical (unpaired) electrons. The Balaban J connectivity index is 2.03. The van der Waals surface area contributed by atoms with Gasteiger partial charge < -0.3 is 4.74 Å². The van der Waals surface area contributed by atoms with E-state index in [2.05, 4.69) is 24.8 Å². The van der Waals surface area contributed by atoms with Crippen molar-refractivity contribution in [1.29, 1.82) is 0 Å². The van der Waals surface area contributed by atoms with E-state index in [9.17, 15) is 4.39 Å². The fraction of sp³-hybridized carbons (Fsp3) is 0.455. The summed E-state index contributed by atoms with van der Waals surface area (Å²) in [7, 11) is 1.60. The van der Waals surface area contributed by atoms with Gasteiger partial charge >= 0.3 is 0 Å². The predicted molar refractivity (Wildman–Crippen MR) is 106 cm³/mol. The molecule has 1 aliphatic rings. The summed E-state index contributed by atoms with van der Waals surface area (Å²) in [6.45, 7) is 5.37. The Morgan fingerprint density at radius 1 is 1.08 bits per heavy atom. The molecule has 2 aromatic carbocycles. The second-order valence-electron chi connectivity index (χ2n) is 7.27. The van der Waals surface area contributed by atoms with E-state index in [0.29, 0.717) is 29.3 Å². The molecule has 2 nitrogen and oxygen atoms in total. The molecule has 1 fully saturated rings. The van der Waals surface area contributed by atoms with Crippen LogP contribution in [0.5, 0.6) is 5.75 Å². The maximum atomic E-state index is 14.6. The topological polar surface area (TPSA) is 12.5 Å². The van der Waals surface area contributed by atoms with E-state index in [0.717, 1.165) is 23.2 Å². The number of nitrogens with zero attached hydrogens (tertiary/aromatic N) is 1. The Labute approximate surface area is 160 Å². The van der Waals surface area contributed by atoms with Crippen LogP contribution in [0.25, 0.3) is 11.1 Å². The number of halogens is 2. The van der Waals surface area contributed by atoms with Crippen LogP contribution in [0.2, 0.25) is 0 Å². The van der Waals surface area contributed by atoms with Crippen LogP contribution in [0.1, 0.15) is 44.2 Å². The van der Waals surface area contributed by atoms with Crippen LogP contribution in [0.15, 0.2) is 36.4 Å². The van der Waals surface area contributed by atoms with Crippen molar-refractivity contribution in [2.45, 2.75) is 57.6 Å². The Morgan fingerprint density at radius 2 is 1.81 bits per heavy atom. The molecule has 0 spiro atoms. The zero-order valence-electron chi connectivity index (χ0n) is 15.8. The number of alkyl halides is 1. The minimum absolute atomic E-state index is 0.231. The molecule has 0 unspecified atom stereocenters. The molecular weight excluding hydrogens is 349 g/mol. The molecule has 26 heavy (non-hydrogen) atoms. The molecule has 0 aliphatic carbocycles. The van der Waals surface area contributed by atoms with Gasteiger partial charge in [-0.05, 0) is 61.6 Å². The largest absolute Gasteiger partial charge is 0.497 e. The van der Waals surface area contributed by atoms with Crippen molar-refractivity contribution in [1.82, 2.24) is 4.90 Å². The number of likely N-dealkylation sites (tertiary alicyclic amines) is 1. The van der Waals surface area contributed by atoms with E-state index in [-0.39, 0.29) is 5.82 Å². The average Bonchev–Trinajstić information content (AvgIpc) is 2.65. The number of hydrogen-bond acceptors (Lipinski definition) is 2. The van der Waals surface area contributed by atoms with Gasteiger partial charge in [-0.2, -0.15) is 0 Å². The number of hydrogen-bond donors (Lipinski definition) is 0. The molecule has 0 bridgehead atoms. The first-order chi connectivity index (χ1) is 12.5. The van der Waals surface area contributed by atoms with Crippen LogP contribution in [0, 0.1) is 5.82 Å². The molecule has 3 rings (SSSR count). The molecule has 0 N–H and O–H groups in total. The standard InChI is InChI=1S/C22H27ClFNO/c1-15-5-4-6-16(2)25(15)14-18-11-17(13-23)7-9-20(18)21-12-19(26-3)8-10-22(21)24/h7-12,15-16H,4-6,13-14H2,1-3H3/t15-,16-/m0/s1. The van der Waals surface area contributed by atoms with Crippen molar-refractivity contribution in [3.63, 3.8) is 0 Å². The van der Waals surface area contributed by atoms with Gasteiger partial charge in [0.05, 0.1) is 7.11 Å². The lowest BCUT2D eigenvalue weighted by atomic mass is 9.93. The van der Waals surface area contributed by atoms with Gasteiger partial charge in [0.1, 0.15) is 11.6 Å². The molecule has 2 atom stereocenters. The first-order valence-corrected chi connectivity index (χ1v) is 9.84. The van der Waals surface area contributed by atoms with Crippen molar-refractivity contribution in [2.75, 3.05) is 7.11 Å². The zero-order chi connectivity index (χ0) is 18.7. The smallest absolute Gasteiger partial charge is 0.131 e. The molecule has 0 amide bonds. The van der Waals surface area contributed by atoms with Gasteiger partial charge in [0.15, 0.2) is 0 Å². The van der Waals surface area contributed by atoms with Gasteiger partial charge in [-0.25, -0.2) is 4.39 Å². The van der Waals surface area contributed by atoms with Gasteiger partial charge in [0, 0.05) is 30.1 Å². The third-order valence-corrected chi connectivity index (χ3v) is 5.83. The molecular formula is C22H27ClFNO. The lowest BCUT2D eigenvalue weighted by Gasteiger charge is -2.39. The highest BCUT2D eigenvalue weighted by atomic mass is 35.5. The summed E-state index contributed by atoms with van der Waals surface area (Å²) < 4.78 is 19.9. The molecule has 0 aromatic heterocycles. The van der Waals surface area contributed by atoms with E-state index in [1.54, 1.807) is 19.2 Å². The summed E-state index contributed by atoms with van der Waals surface area (Å²) in [5.74, 6) is 0.887. The Bertz CT molecular complexity index is 754. The minimum Gasteiger partial charge on any atom is -0.497 e. The van der Waals surface area contributed by atoms with Crippen molar-refractivity contribution in [3.8, 4) is 16.9 Å². The lowest BCUT2D eigenvalue weighted by Crippen LogP contribution is -2.43. The normalized spacial score (nSPS) is 21.0. The van der Waals surface area contributed by atoms with E-state index in [4.69, 9.17) is 16.3 Å². The highest BCUT2D eigenvalue weighted by Gasteiger charge is 2.26. The van der Waals surface area contributed by atoms with Gasteiger partial charge in [-0.3, -0.25) is 4.90 Å². The van der Waals surface area contributed by atoms with E-state index in [1.165, 1.54) is 25.3 Å². The Hall–Kier alpha value is -1.58. The van der Waals surface area contributed by atoms with Gasteiger partial charge in [0.2, 0.25) is 0 Å². The molecule has 140 valence electrons. The van der Waals surface area contributed by atoms with E-state index in [1.807, 2.05) is 12.1 Å². The lowest BCUT2D eigenvalue weighted by molar-refractivity contribution is 0.0954. The summed E-state index contributed by atoms with van der Waals surface area (Å²) >= 11 is 6.07. The van der Waals surface area contributed by atoms with Crippen LogP contribution in [-0.4, -0.2) is 24.1 Å². The average molecular weight is 376 g/mol. The van der Waals surface area contributed by atoms with Crippen LogP contribution in [0.4, 0.5) is 4.39 Å².